The van der Waals surface area contributed by atoms with Crippen molar-refractivity contribution in [3.05, 3.63) is 5.82 Å². The maximum absolute atomic E-state index is 5.42. The molecule has 6 nitrogen and oxygen atoms in total. The molecule has 1 N–H and O–H groups in total. The second-order valence-electron chi connectivity index (χ2n) is 5.35. The molecule has 1 fully saturated rings. The van der Waals surface area contributed by atoms with Gasteiger partial charge < -0.3 is 10.1 Å². The van der Waals surface area contributed by atoms with Gasteiger partial charge in [-0.15, -0.1) is 5.10 Å². The second-order valence-corrected chi connectivity index (χ2v) is 5.84. The molecule has 1 heterocycles. The Labute approximate surface area is 125 Å². The zero-order chi connectivity index (χ0) is 14.4. The summed E-state index contributed by atoms with van der Waals surface area (Å²) in [5.41, 5.74) is 0. The van der Waals surface area contributed by atoms with Crippen LogP contribution in [0.4, 0.5) is 0 Å². The molecule has 0 radical (unpaired) electrons. The molecule has 0 spiro atoms. The first-order chi connectivity index (χ1) is 9.69. The number of rotatable bonds is 6. The smallest absolute Gasteiger partial charge is 0.150 e. The normalized spacial score (nSPS) is 22.7. The number of thiocarbonyl (C=S) groups is 1. The zero-order valence-electron chi connectivity index (χ0n) is 12.2. The first kappa shape index (κ1) is 15.3. The fourth-order valence-electron chi connectivity index (χ4n) is 2.61. The van der Waals surface area contributed by atoms with Crippen molar-refractivity contribution in [1.29, 1.82) is 0 Å². The summed E-state index contributed by atoms with van der Waals surface area (Å²) in [6.07, 6.45) is 7.72. The lowest BCUT2D eigenvalue weighted by Gasteiger charge is -2.29. The summed E-state index contributed by atoms with van der Waals surface area (Å²) in [4.78, 5) is 0.959. The summed E-state index contributed by atoms with van der Waals surface area (Å²) in [5, 5.41) is 14.9. The quantitative estimate of drug-likeness (QED) is 0.801. The molecule has 7 heteroatoms. The van der Waals surface area contributed by atoms with E-state index in [-0.39, 0.29) is 0 Å². The monoisotopic (exact) mass is 297 g/mol. The Morgan fingerprint density at radius 1 is 1.40 bits per heavy atom. The van der Waals surface area contributed by atoms with Crippen LogP contribution >= 0.6 is 12.2 Å². The van der Waals surface area contributed by atoms with Gasteiger partial charge in [0.25, 0.3) is 0 Å². The number of hydrogen-bond donors (Lipinski definition) is 1. The maximum atomic E-state index is 5.42. The minimum atomic E-state index is 0.435. The molecule has 0 atom stereocenters. The molecule has 1 aliphatic carbocycles. The fraction of sp³-hybridized carbons (Fsp3) is 0.846. The van der Waals surface area contributed by atoms with Crippen LogP contribution in [0.1, 0.15) is 44.3 Å². The van der Waals surface area contributed by atoms with Gasteiger partial charge in [0, 0.05) is 26.6 Å². The van der Waals surface area contributed by atoms with E-state index in [9.17, 15) is 0 Å². The van der Waals surface area contributed by atoms with Crippen LogP contribution in [0, 0.1) is 0 Å². The minimum absolute atomic E-state index is 0.435. The van der Waals surface area contributed by atoms with Gasteiger partial charge >= 0.3 is 0 Å². The van der Waals surface area contributed by atoms with Crippen LogP contribution in [0.15, 0.2) is 0 Å². The molecule has 0 aromatic carbocycles. The molecule has 0 bridgehead atoms. The Hall–Kier alpha value is -1.08. The van der Waals surface area contributed by atoms with Gasteiger partial charge in [0.2, 0.25) is 0 Å². The van der Waals surface area contributed by atoms with Crippen molar-refractivity contribution < 1.29 is 4.74 Å². The van der Waals surface area contributed by atoms with Gasteiger partial charge in [-0.25, -0.2) is 4.68 Å². The Balaban J connectivity index is 1.62. The van der Waals surface area contributed by atoms with Crippen molar-refractivity contribution in [2.75, 3.05) is 7.11 Å². The Kier molecular flexibility index (Phi) is 5.85. The molecule has 0 amide bonds. The first-order valence-corrected chi connectivity index (χ1v) is 7.63. The van der Waals surface area contributed by atoms with E-state index in [2.05, 4.69) is 20.8 Å². The van der Waals surface area contributed by atoms with Crippen LogP contribution in [0.25, 0.3) is 0 Å². The fourth-order valence-corrected chi connectivity index (χ4v) is 2.92. The van der Waals surface area contributed by atoms with Crippen LogP contribution in [-0.4, -0.2) is 44.5 Å². The molecule has 0 unspecified atom stereocenters. The van der Waals surface area contributed by atoms with Crippen LogP contribution < -0.4 is 5.32 Å². The SMILES string of the molecule is COC1CCC(NC(=S)CCCc2nnnn2C)CC1. The zero-order valence-corrected chi connectivity index (χ0v) is 13.0. The van der Waals surface area contributed by atoms with E-state index >= 15 is 0 Å². The number of aromatic nitrogens is 4. The third kappa shape index (κ3) is 4.49. The molecule has 1 aromatic heterocycles. The Morgan fingerprint density at radius 2 is 2.15 bits per heavy atom. The highest BCUT2D eigenvalue weighted by atomic mass is 32.1. The number of methoxy groups -OCH3 is 1. The van der Waals surface area contributed by atoms with Crippen LogP contribution in [0.2, 0.25) is 0 Å². The average molecular weight is 297 g/mol. The molecule has 2 rings (SSSR count). The Morgan fingerprint density at radius 3 is 2.75 bits per heavy atom. The first-order valence-electron chi connectivity index (χ1n) is 7.22. The molecule has 0 aliphatic heterocycles. The topological polar surface area (TPSA) is 64.9 Å². The predicted octanol–water partition coefficient (Wildman–Crippen LogP) is 1.41. The second kappa shape index (κ2) is 7.64. The van der Waals surface area contributed by atoms with Gasteiger partial charge in [0.15, 0.2) is 5.82 Å². The average Bonchev–Trinajstić information content (AvgIpc) is 2.85. The molecule has 112 valence electrons. The Bertz CT molecular complexity index is 428. The van der Waals surface area contributed by atoms with Gasteiger partial charge in [-0.3, -0.25) is 0 Å². The van der Waals surface area contributed by atoms with E-state index in [0.717, 1.165) is 55.8 Å². The van der Waals surface area contributed by atoms with Gasteiger partial charge in [0.1, 0.15) is 0 Å². The van der Waals surface area contributed by atoms with Crippen molar-refractivity contribution in [2.45, 2.75) is 57.1 Å². The van der Waals surface area contributed by atoms with Gasteiger partial charge in [-0.2, -0.15) is 0 Å². The number of nitrogens with zero attached hydrogens (tertiary/aromatic N) is 4. The summed E-state index contributed by atoms with van der Waals surface area (Å²) in [6, 6.07) is 0.519. The van der Waals surface area contributed by atoms with Crippen molar-refractivity contribution in [3.63, 3.8) is 0 Å². The lowest BCUT2D eigenvalue weighted by molar-refractivity contribution is 0.0646. The number of aryl methyl sites for hydroxylation is 2. The molecule has 1 saturated carbocycles. The lowest BCUT2D eigenvalue weighted by atomic mass is 9.93. The standard InChI is InChI=1S/C13H23N5OS/c1-18-12(15-16-17-18)4-3-5-13(20)14-10-6-8-11(19-2)9-7-10/h10-11H,3-9H2,1-2H3,(H,14,20). The third-order valence-electron chi connectivity index (χ3n) is 3.88. The summed E-state index contributed by atoms with van der Waals surface area (Å²) in [6.45, 7) is 0. The van der Waals surface area contributed by atoms with Crippen LogP contribution in [-0.2, 0) is 18.2 Å². The molecular weight excluding hydrogens is 274 g/mol. The van der Waals surface area contributed by atoms with Crippen LogP contribution in [0.5, 0.6) is 0 Å². The predicted molar refractivity (Wildman–Crippen MR) is 80.5 cm³/mol. The summed E-state index contributed by atoms with van der Waals surface area (Å²) < 4.78 is 7.09. The van der Waals surface area contributed by atoms with E-state index in [1.165, 1.54) is 0 Å². The highest BCUT2D eigenvalue weighted by molar-refractivity contribution is 7.80. The van der Waals surface area contributed by atoms with E-state index in [4.69, 9.17) is 17.0 Å². The molecule has 1 aromatic rings. The van der Waals surface area contributed by atoms with Crippen molar-refractivity contribution >= 4 is 17.2 Å². The van der Waals surface area contributed by atoms with E-state index in [1.807, 2.05) is 7.05 Å². The van der Waals surface area contributed by atoms with E-state index in [1.54, 1.807) is 11.8 Å². The minimum Gasteiger partial charge on any atom is -0.381 e. The highest BCUT2D eigenvalue weighted by Gasteiger charge is 2.20. The summed E-state index contributed by atoms with van der Waals surface area (Å²) in [5.74, 6) is 0.911. The molecule has 1 aliphatic rings. The van der Waals surface area contributed by atoms with Crippen molar-refractivity contribution in [2.24, 2.45) is 7.05 Å². The number of tetrazole rings is 1. The van der Waals surface area contributed by atoms with Crippen molar-refractivity contribution in [1.82, 2.24) is 25.5 Å². The summed E-state index contributed by atoms with van der Waals surface area (Å²) in [7, 11) is 3.66. The molecular formula is C13H23N5OS. The molecule has 20 heavy (non-hydrogen) atoms. The van der Waals surface area contributed by atoms with Crippen LogP contribution in [0.3, 0.4) is 0 Å². The lowest BCUT2D eigenvalue weighted by Crippen LogP contribution is -2.38. The van der Waals surface area contributed by atoms with Crippen molar-refractivity contribution in [3.8, 4) is 0 Å². The van der Waals surface area contributed by atoms with E-state index in [0.29, 0.717) is 12.1 Å². The number of nitrogens with one attached hydrogen (secondary N) is 1. The number of hydrogen-bond acceptors (Lipinski definition) is 5. The van der Waals surface area contributed by atoms with Gasteiger partial charge in [-0.1, -0.05) is 12.2 Å². The third-order valence-corrected chi connectivity index (χ3v) is 4.21. The molecule has 0 saturated heterocycles. The number of ether oxygens (including phenoxy) is 1. The summed E-state index contributed by atoms with van der Waals surface area (Å²) >= 11 is 5.42. The van der Waals surface area contributed by atoms with E-state index < -0.39 is 0 Å². The largest absolute Gasteiger partial charge is 0.381 e. The van der Waals surface area contributed by atoms with Gasteiger partial charge in [0.05, 0.1) is 11.1 Å². The van der Waals surface area contributed by atoms with Gasteiger partial charge in [-0.05, 0) is 49.0 Å². The maximum Gasteiger partial charge on any atom is 0.150 e. The highest BCUT2D eigenvalue weighted by Crippen LogP contribution is 2.20.